The Hall–Kier alpha value is 0.554. The predicted molar refractivity (Wildman–Crippen MR) is 45.5 cm³/mol. The molecule has 1 saturated heterocycles. The van der Waals surface area contributed by atoms with Gasteiger partial charge in [-0.2, -0.15) is 18.8 Å². The Balaban J connectivity index is 0. The van der Waals surface area contributed by atoms with E-state index in [4.69, 9.17) is 5.73 Å². The van der Waals surface area contributed by atoms with Gasteiger partial charge in [-0.3, -0.25) is 0 Å². The number of thioether (sulfide) groups is 1. The Bertz CT molecular complexity index is 166. The van der Waals surface area contributed by atoms with E-state index in [1.165, 1.54) is 18.8 Å². The van der Waals surface area contributed by atoms with Gasteiger partial charge in [0.25, 0.3) is 0 Å². The molecule has 0 aromatic heterocycles. The summed E-state index contributed by atoms with van der Waals surface area (Å²) in [4.78, 5) is 21.0. The van der Waals surface area contributed by atoms with Crippen molar-refractivity contribution in [1.82, 2.24) is 0 Å². The fourth-order valence-corrected chi connectivity index (χ4v) is 1.23. The third-order valence-corrected chi connectivity index (χ3v) is 2.09. The molecule has 1 aliphatic rings. The molecule has 0 spiro atoms. The summed E-state index contributed by atoms with van der Waals surface area (Å²) < 4.78 is 0. The van der Waals surface area contributed by atoms with Crippen molar-refractivity contribution >= 4 is 23.6 Å². The fourth-order valence-electron chi connectivity index (χ4n) is 0.671. The van der Waals surface area contributed by atoms with Crippen LogP contribution in [0.25, 0.3) is 11.1 Å². The van der Waals surface area contributed by atoms with Crippen molar-refractivity contribution in [2.24, 2.45) is 0 Å². The topological polar surface area (TPSA) is 72.0 Å². The summed E-state index contributed by atoms with van der Waals surface area (Å²) in [6.07, 6.45) is 2.09. The van der Waals surface area contributed by atoms with Crippen LogP contribution in [0.2, 0.25) is 0 Å². The van der Waals surface area contributed by atoms with Crippen LogP contribution in [0.3, 0.4) is 0 Å². The van der Waals surface area contributed by atoms with Gasteiger partial charge in [-0.15, -0.1) is 0 Å². The SMILES string of the molecule is CSC1CC(=O)[N-]C1=O.C[NH-].[Y]. The van der Waals surface area contributed by atoms with Gasteiger partial charge < -0.3 is 20.6 Å². The molecule has 0 aromatic rings. The third-order valence-electron chi connectivity index (χ3n) is 1.15. The van der Waals surface area contributed by atoms with Crippen molar-refractivity contribution in [2.75, 3.05) is 13.3 Å². The average molecular weight is 263 g/mol. The number of carbonyl (C=O) groups is 2. The fraction of sp³-hybridized carbons (Fsp3) is 0.667. The van der Waals surface area contributed by atoms with Crippen molar-refractivity contribution < 1.29 is 42.3 Å². The number of carbonyl (C=O) groups excluding carboxylic acids is 2. The van der Waals surface area contributed by atoms with Crippen molar-refractivity contribution in [3.63, 3.8) is 0 Å². The second kappa shape index (κ2) is 8.17. The molecule has 2 amide bonds. The molecule has 12 heavy (non-hydrogen) atoms. The summed E-state index contributed by atoms with van der Waals surface area (Å²) in [6.45, 7) is 0. The van der Waals surface area contributed by atoms with Crippen LogP contribution in [-0.2, 0) is 42.3 Å². The second-order valence-electron chi connectivity index (χ2n) is 1.77. The molecular weight excluding hydrogens is 253 g/mol. The Morgan fingerprint density at radius 2 is 2.00 bits per heavy atom. The maximum absolute atomic E-state index is 10.6. The number of hydrogen-bond donors (Lipinski definition) is 0. The van der Waals surface area contributed by atoms with E-state index in [-0.39, 0.29) is 49.8 Å². The predicted octanol–water partition coefficient (Wildman–Crippen LogP) is 1.21. The van der Waals surface area contributed by atoms with E-state index in [0.29, 0.717) is 6.42 Å². The molecule has 1 atom stereocenters. The standard InChI is InChI=1S/C5H7NO2S.CH4N.Y/c1-9-3-2-4(7)6-5(3)8;1-2;/h3H,2H2,1H3,(H,6,7,8);2H,1H3;/q;-1;/p-1. The average Bonchev–Trinajstić information content (AvgIpc) is 2.33. The molecule has 0 saturated carbocycles. The van der Waals surface area contributed by atoms with Crippen LogP contribution in [0.15, 0.2) is 0 Å². The normalized spacial score (nSPS) is 20.4. The van der Waals surface area contributed by atoms with Crippen LogP contribution in [0.1, 0.15) is 6.42 Å². The van der Waals surface area contributed by atoms with Crippen molar-refractivity contribution in [3.8, 4) is 0 Å². The van der Waals surface area contributed by atoms with Crippen LogP contribution in [-0.4, -0.2) is 30.4 Å². The number of amides is 2. The third kappa shape index (κ3) is 4.55. The van der Waals surface area contributed by atoms with Crippen LogP contribution < -0.4 is 0 Å². The minimum absolute atomic E-state index is 0. The van der Waals surface area contributed by atoms with E-state index < -0.39 is 0 Å². The van der Waals surface area contributed by atoms with Crippen LogP contribution in [0.4, 0.5) is 0 Å². The van der Waals surface area contributed by atoms with Crippen LogP contribution in [0, 0.1) is 0 Å². The van der Waals surface area contributed by atoms with E-state index in [2.05, 4.69) is 5.32 Å². The molecule has 1 aliphatic heterocycles. The minimum Gasteiger partial charge on any atom is -0.680 e. The quantitative estimate of drug-likeness (QED) is 0.667. The van der Waals surface area contributed by atoms with Gasteiger partial charge in [0.1, 0.15) is 0 Å². The van der Waals surface area contributed by atoms with E-state index in [9.17, 15) is 9.59 Å². The number of imide groups is 1. The zero-order valence-electron chi connectivity index (χ0n) is 7.03. The van der Waals surface area contributed by atoms with Gasteiger partial charge in [0.2, 0.25) is 0 Å². The van der Waals surface area contributed by atoms with E-state index in [1.54, 1.807) is 6.26 Å². The molecule has 1 N–H and O–H groups in total. The Kier molecular flexibility index (Phi) is 10.2. The van der Waals surface area contributed by atoms with Gasteiger partial charge in [0, 0.05) is 39.1 Å². The first kappa shape index (κ1) is 15.0. The van der Waals surface area contributed by atoms with Crippen molar-refractivity contribution in [3.05, 3.63) is 11.1 Å². The molecule has 0 aliphatic carbocycles. The minimum atomic E-state index is -0.278. The van der Waals surface area contributed by atoms with E-state index in [1.807, 2.05) is 0 Å². The molecule has 0 bridgehead atoms. The first-order valence-corrected chi connectivity index (χ1v) is 4.34. The van der Waals surface area contributed by atoms with Gasteiger partial charge in [-0.05, 0) is 6.26 Å². The molecule has 1 heterocycles. The molecule has 1 rings (SSSR count). The van der Waals surface area contributed by atoms with Crippen LogP contribution >= 0.6 is 11.8 Å². The zero-order chi connectivity index (χ0) is 8.85. The first-order valence-electron chi connectivity index (χ1n) is 3.05. The molecule has 1 unspecified atom stereocenters. The van der Waals surface area contributed by atoms with Gasteiger partial charge in [0.05, 0.1) is 17.1 Å². The molecule has 67 valence electrons. The van der Waals surface area contributed by atoms with Gasteiger partial charge in [-0.25, -0.2) is 0 Å². The largest absolute Gasteiger partial charge is 0.680 e. The maximum atomic E-state index is 10.6. The summed E-state index contributed by atoms with van der Waals surface area (Å²) in [6, 6.07) is 0. The molecule has 4 nitrogen and oxygen atoms in total. The molecule has 1 radical (unpaired) electrons. The zero-order valence-corrected chi connectivity index (χ0v) is 10.7. The van der Waals surface area contributed by atoms with Gasteiger partial charge in [0.15, 0.2) is 0 Å². The Labute approximate surface area is 101 Å². The van der Waals surface area contributed by atoms with Gasteiger partial charge in [-0.1, -0.05) is 0 Å². The smallest absolute Gasteiger partial charge is 0.0701 e. The molecule has 6 heteroatoms. The summed E-state index contributed by atoms with van der Waals surface area (Å²) in [5.41, 5.74) is 5.75. The van der Waals surface area contributed by atoms with Crippen molar-refractivity contribution in [2.45, 2.75) is 11.7 Å². The van der Waals surface area contributed by atoms with E-state index >= 15 is 0 Å². The number of rotatable bonds is 1. The molecular formula is C6H10N2O2SY-2. The molecule has 0 aromatic carbocycles. The monoisotopic (exact) mass is 263 g/mol. The second-order valence-corrected chi connectivity index (χ2v) is 2.81. The number of nitrogens with one attached hydrogen (secondary N) is 1. The summed E-state index contributed by atoms with van der Waals surface area (Å²) in [7, 11) is 1.25. The summed E-state index contributed by atoms with van der Waals surface area (Å²) in [5.74, 6) is -0.549. The van der Waals surface area contributed by atoms with E-state index in [0.717, 1.165) is 0 Å². The van der Waals surface area contributed by atoms with Crippen molar-refractivity contribution in [1.29, 1.82) is 0 Å². The van der Waals surface area contributed by atoms with Crippen LogP contribution in [0.5, 0.6) is 0 Å². The maximum Gasteiger partial charge on any atom is 0.0701 e. The molecule has 1 fully saturated rings. The number of hydrogen-bond acceptors (Lipinski definition) is 3. The first-order chi connectivity index (χ1) is 5.24. The summed E-state index contributed by atoms with van der Waals surface area (Å²) >= 11 is 1.38. The Morgan fingerprint density at radius 3 is 2.17 bits per heavy atom. The van der Waals surface area contributed by atoms with Gasteiger partial charge >= 0.3 is 0 Å². The number of nitrogens with zero attached hydrogens (tertiary/aromatic N) is 1. The Morgan fingerprint density at radius 1 is 1.50 bits per heavy atom. The summed E-state index contributed by atoms with van der Waals surface area (Å²) in [5, 5.41) is 3.05.